The third kappa shape index (κ3) is 89.9. The van der Waals surface area contributed by atoms with E-state index in [0.717, 1.165) is 89.4 Å². The average molecular weight is 1960 g/mol. The van der Waals surface area contributed by atoms with Crippen LogP contribution in [0.3, 0.4) is 0 Å². The fourth-order valence-corrected chi connectivity index (χ4v) is 12.4. The van der Waals surface area contributed by atoms with Crippen LogP contribution in [0, 0.1) is 59.2 Å². The molecule has 0 amide bonds. The number of carbonyl (C=O) groups excluding carboxylic acids is 4. The first-order valence-corrected chi connectivity index (χ1v) is 56.1. The summed E-state index contributed by atoms with van der Waals surface area (Å²) in [5.41, 5.74) is 3.25. The second kappa shape index (κ2) is 82.2. The third-order valence-corrected chi connectivity index (χ3v) is 28.2. The van der Waals surface area contributed by atoms with E-state index in [0.29, 0.717) is 79.3 Å². The van der Waals surface area contributed by atoms with Crippen molar-refractivity contribution in [2.24, 2.45) is 64.9 Å². The van der Waals surface area contributed by atoms with Gasteiger partial charge in [0.05, 0.1) is 96.7 Å². The van der Waals surface area contributed by atoms with Crippen LogP contribution in [-0.4, -0.2) is 240 Å². The van der Waals surface area contributed by atoms with Crippen LogP contribution in [-0.2, 0) is 74.3 Å². The van der Waals surface area contributed by atoms with Gasteiger partial charge in [-0.15, -0.1) is 0 Å². The van der Waals surface area contributed by atoms with Gasteiger partial charge in [-0.05, 0) is 126 Å². The minimum Gasteiger partial charge on any atom is -0.799 e. The molecular weight excluding hydrogens is 1760 g/mol. The van der Waals surface area contributed by atoms with Crippen LogP contribution >= 0.6 is 37.8 Å². The Labute approximate surface area is 786 Å². The maximum atomic E-state index is 11.7. The van der Waals surface area contributed by atoms with Gasteiger partial charge in [0, 0.05) is 80.6 Å². The van der Waals surface area contributed by atoms with Gasteiger partial charge in [-0.25, -0.2) is 0 Å². The van der Waals surface area contributed by atoms with Gasteiger partial charge in [0.2, 0.25) is 0 Å². The number of aliphatic hydroxyl groups excluding tert-OH is 5. The molecule has 3 aliphatic rings. The number of ether oxygens (including phenoxy) is 4. The van der Waals surface area contributed by atoms with Crippen molar-refractivity contribution in [2.45, 2.75) is 402 Å². The van der Waals surface area contributed by atoms with Crippen molar-refractivity contribution in [1.29, 1.82) is 0 Å². The second-order valence-electron chi connectivity index (χ2n) is 38.6. The lowest BCUT2D eigenvalue weighted by Crippen LogP contribution is -2.60. The van der Waals surface area contributed by atoms with Gasteiger partial charge >= 0.3 is 15.2 Å². The molecule has 14 unspecified atom stereocenters. The lowest BCUT2D eigenvalue weighted by atomic mass is 9.80. The van der Waals surface area contributed by atoms with Gasteiger partial charge in [0.1, 0.15) is 64.3 Å². The topological polar surface area (TPSA) is 477 Å². The van der Waals surface area contributed by atoms with Gasteiger partial charge in [0.25, 0.3) is 0 Å². The van der Waals surface area contributed by atoms with Crippen LogP contribution in [0.5, 0.6) is 0 Å². The van der Waals surface area contributed by atoms with E-state index in [9.17, 15) is 82.0 Å². The Hall–Kier alpha value is -1.69. The predicted molar refractivity (Wildman–Crippen MR) is 524 cm³/mol. The first kappa shape index (κ1) is 145. The number of ketones is 4. The Morgan fingerprint density at radius 3 is 1.25 bits per heavy atom. The van der Waals surface area contributed by atoms with E-state index >= 15 is 0 Å². The molecule has 0 bridgehead atoms. The largest absolute Gasteiger partial charge is 0.799 e. The number of furan rings is 1. The van der Waals surface area contributed by atoms with Crippen molar-refractivity contribution in [2.75, 3.05) is 100 Å². The number of quaternary nitrogens is 1. The van der Waals surface area contributed by atoms with E-state index in [1.807, 2.05) is 97.3 Å². The van der Waals surface area contributed by atoms with Crippen LogP contribution in [0.1, 0.15) is 336 Å². The zero-order chi connectivity index (χ0) is 103. The highest BCUT2D eigenvalue weighted by Gasteiger charge is 2.50. The van der Waals surface area contributed by atoms with Gasteiger partial charge < -0.3 is 116 Å². The minimum absolute atomic E-state index is 0.0196. The Morgan fingerprint density at radius 1 is 0.519 bits per heavy atom. The number of nitrogens with two attached hydrogens (primary N) is 1. The van der Waals surface area contributed by atoms with Crippen molar-refractivity contribution in [3.05, 3.63) is 24.2 Å². The number of hydrogen-bond donors (Lipinski definition) is 8. The third-order valence-electron chi connectivity index (χ3n) is 19.1. The molecule has 3 fully saturated rings. The van der Waals surface area contributed by atoms with Crippen molar-refractivity contribution >= 4 is 60.9 Å². The first-order valence-electron chi connectivity index (χ1n) is 47.4. The Balaban J connectivity index is -0.000000175. The SMILES string of the molecule is CC(=O)CC(C)C.CC(C)C(=O)C1CCCC1.CC(C)C(=O)C1CCCO1.CC(C)C(=O)c1ccco1.CC(C)P(=O)([O-])OCC[N+](C)(C)C.CC(C)P(C)(=O)[O-].CC(N)COP(=O)(O)C(C)C.CC1C(O)C(O)C(O)C(OP(=O)(O)C(C)C)C1O.CCC(C)C.CCC(O)CC(C)C.CCCC(C)C.CCCOP(=O)([O-])C(C)C.CCOCCOCCOCCC(C)C. The van der Waals surface area contributed by atoms with Crippen LogP contribution in [0.15, 0.2) is 22.8 Å². The smallest absolute Gasteiger partial charge is 0.331 e. The standard InChI is InChI=1S/C11H24O3.C10H21O7P.C9H16O.C8H20NO3P.C8H14O2.C8H10O2.C7H16O.C6H16NO3P.C6H15O3P.C6H12O.C6H14.C5H12.C4H11O2P/c1-4-12-7-8-14-10-9-13-6-5-11(2)3;1-4(2)18(15,16)17-10-7(12)5(3)6(11)8(13)9(10)14;1-7(2)9(10)8-5-3-4-6-8;1-8(2)13(10,11)12-7-6-9(3,4)5;2*1-6(2)8(9)7-4-3-5-10-7;1-4-7(8)5-6(2)3;1-5(2)11(8,9)10-4-6(3)7;1-4-5-9-10(7,8)6(2)3;1-5(2)4-6(3)7;1-4-5-6(2)3;1-4-5(2)3;1-4(2)7(3,5)6/h11H,4-10H2,1-3H3;4-14H,1-3H3,(H,15,16);7-8H,3-6H2,1-2H3;8H,6-7H2,1-5H3;6-7H,3-5H2,1-2H3;3-6H,1-2H3;6-8H,4-5H2,1-3H3;5-6H,4,7H2,1-3H3,(H,8,9);6H,4-5H2,1-3H3,(H,7,8);5H,4H2,1-3H3;6H,4-5H2,1-3H3;5H,4H2,1-3H3;4H,1-3H3,(H,5,6)/p-2. The number of Topliss-reactive ketones (excluding diaryl/α,β-unsaturated/α-hetero) is 4. The van der Waals surface area contributed by atoms with Crippen molar-refractivity contribution in [3.8, 4) is 0 Å². The van der Waals surface area contributed by atoms with E-state index in [1.54, 1.807) is 81.4 Å². The number of aliphatic hydroxyl groups is 5. The van der Waals surface area contributed by atoms with Crippen LogP contribution < -0.4 is 20.4 Å². The van der Waals surface area contributed by atoms with Crippen molar-refractivity contribution in [1.82, 2.24) is 0 Å². The maximum absolute atomic E-state index is 11.7. The lowest BCUT2D eigenvalue weighted by molar-refractivity contribution is -0.870. The summed E-state index contributed by atoms with van der Waals surface area (Å²) in [4.78, 5) is 95.1. The summed E-state index contributed by atoms with van der Waals surface area (Å²) in [6, 6.07) is 3.20. The quantitative estimate of drug-likeness (QED) is 0.0131. The van der Waals surface area contributed by atoms with Crippen LogP contribution in [0.4, 0.5) is 0 Å². The van der Waals surface area contributed by atoms with Crippen molar-refractivity contribution < 1.29 is 138 Å². The summed E-state index contributed by atoms with van der Waals surface area (Å²) < 4.78 is 101. The van der Waals surface area contributed by atoms with Crippen LogP contribution in [0.2, 0.25) is 0 Å². The summed E-state index contributed by atoms with van der Waals surface area (Å²) >= 11 is 0. The van der Waals surface area contributed by atoms with Crippen LogP contribution in [0.25, 0.3) is 0 Å². The fraction of sp³-hybridized carbons (Fsp3) is 0.915. The molecule has 1 aromatic rings. The normalized spacial score (nSPS) is 20.0. The molecule has 1 aromatic heterocycles. The van der Waals surface area contributed by atoms with E-state index in [2.05, 4.69) is 73.8 Å². The van der Waals surface area contributed by atoms with E-state index in [-0.39, 0.29) is 77.9 Å². The van der Waals surface area contributed by atoms with Gasteiger partial charge in [-0.1, -0.05) is 247 Å². The molecule has 129 heavy (non-hydrogen) atoms. The molecule has 780 valence electrons. The van der Waals surface area contributed by atoms with Gasteiger partial charge in [-0.2, -0.15) is 0 Å². The van der Waals surface area contributed by atoms with E-state index in [4.69, 9.17) is 52.7 Å². The molecule has 0 radical (unpaired) electrons. The zero-order valence-electron chi connectivity index (χ0n) is 88.2. The Bertz CT molecular complexity index is 2990. The summed E-state index contributed by atoms with van der Waals surface area (Å²) in [5, 5.41) is 47.7. The number of carbonyl (C=O) groups is 4. The highest BCUT2D eigenvalue weighted by molar-refractivity contribution is 7.56. The molecular formula is C94H199N2O28P5-2. The molecule has 0 spiro atoms. The summed E-state index contributed by atoms with van der Waals surface area (Å²) in [6.45, 7) is 72.1. The van der Waals surface area contributed by atoms with E-state index < -0.39 is 91.2 Å². The van der Waals surface area contributed by atoms with E-state index in [1.165, 1.54) is 65.8 Å². The van der Waals surface area contributed by atoms with Gasteiger partial charge in [-0.3, -0.25) is 28.0 Å². The number of hydrogen-bond acceptors (Lipinski definition) is 27. The molecule has 2 aliphatic carbocycles. The summed E-state index contributed by atoms with van der Waals surface area (Å²) in [6.07, 6.45) is 9.38. The molecule has 1 saturated heterocycles. The fourth-order valence-electron chi connectivity index (χ4n) is 9.49. The highest BCUT2D eigenvalue weighted by atomic mass is 31.2. The molecule has 2 saturated carbocycles. The molecule has 4 rings (SSSR count). The average Bonchev–Trinajstić information content (AvgIpc) is 0.988. The Kier molecular flexibility index (Phi) is 92.5. The lowest BCUT2D eigenvalue weighted by Gasteiger charge is -2.43. The molecule has 14 atom stereocenters. The first-order chi connectivity index (χ1) is 58.8. The number of nitrogens with zero attached hydrogens (tertiary/aromatic N) is 1. The predicted octanol–water partition coefficient (Wildman–Crippen LogP) is 18.6. The maximum Gasteiger partial charge on any atom is 0.331 e. The monoisotopic (exact) mass is 1960 g/mol. The summed E-state index contributed by atoms with van der Waals surface area (Å²) in [5.74, 6) is 5.24. The highest BCUT2D eigenvalue weighted by Crippen LogP contribution is 2.51. The number of likely N-dealkylation sites (N-methyl/N-ethyl adjacent to an activating group) is 1. The van der Waals surface area contributed by atoms with Gasteiger partial charge in [0.15, 0.2) is 17.3 Å². The molecule has 2 heterocycles. The molecule has 30 nitrogen and oxygen atoms in total. The second-order valence-corrected chi connectivity index (χ2v) is 51.0. The molecule has 9 N–H and O–H groups in total. The Morgan fingerprint density at radius 2 is 0.961 bits per heavy atom. The molecule has 1 aliphatic heterocycles. The molecule has 0 aromatic carbocycles. The molecule has 35 heteroatoms. The minimum atomic E-state index is -3.99. The zero-order valence-corrected chi connectivity index (χ0v) is 92.6. The van der Waals surface area contributed by atoms with Crippen molar-refractivity contribution in [3.63, 3.8) is 0 Å². The summed E-state index contributed by atoms with van der Waals surface area (Å²) in [7, 11) is -11.5. The number of rotatable bonds is 41.